The first-order valence-corrected chi connectivity index (χ1v) is 17.0. The highest BCUT2D eigenvalue weighted by atomic mass is 28.4. The molecule has 170 valence electrons. The van der Waals surface area contributed by atoms with Crippen molar-refractivity contribution in [2.45, 2.75) is 124 Å². The van der Waals surface area contributed by atoms with E-state index in [4.69, 9.17) is 18.2 Å². The maximum absolute atomic E-state index is 6.40. The van der Waals surface area contributed by atoms with E-state index in [2.05, 4.69) is 94.5 Å². The van der Waals surface area contributed by atoms with Gasteiger partial charge >= 0.3 is 7.12 Å². The van der Waals surface area contributed by atoms with Crippen LogP contribution in [-0.2, 0) is 18.2 Å². The predicted molar refractivity (Wildman–Crippen MR) is 130 cm³/mol. The van der Waals surface area contributed by atoms with Crippen LogP contribution in [0.3, 0.4) is 0 Å². The molecule has 1 fully saturated rings. The summed E-state index contributed by atoms with van der Waals surface area (Å²) in [7, 11) is -4.06. The number of allylic oxidation sites excluding steroid dienone is 1. The summed E-state index contributed by atoms with van der Waals surface area (Å²) in [6.45, 7) is 29.5. The quantitative estimate of drug-likeness (QED) is 0.301. The van der Waals surface area contributed by atoms with Crippen LogP contribution in [0.5, 0.6) is 0 Å². The number of rotatable bonds is 9. The number of hydrogen-bond donors (Lipinski definition) is 0. The van der Waals surface area contributed by atoms with E-state index in [1.807, 2.05) is 0 Å². The summed E-state index contributed by atoms with van der Waals surface area (Å²) in [6, 6.07) is 0. The standard InChI is InChI=1S/C22H47BO4Si2/c1-18(2)25-28(10,11)19(15-14-16-24-29(12,13)20(3,4)5)17-23-26-21(6,7)22(8,9)27-23/h17-18H,14-16H2,1-13H3/b19-17+. The van der Waals surface area contributed by atoms with Crippen molar-refractivity contribution < 1.29 is 18.2 Å². The Morgan fingerprint density at radius 1 is 1.00 bits per heavy atom. The van der Waals surface area contributed by atoms with Gasteiger partial charge in [0.1, 0.15) is 0 Å². The maximum Gasteiger partial charge on any atom is 0.486 e. The van der Waals surface area contributed by atoms with Crippen molar-refractivity contribution in [1.29, 1.82) is 0 Å². The van der Waals surface area contributed by atoms with Gasteiger partial charge in [0.25, 0.3) is 0 Å². The summed E-state index contributed by atoms with van der Waals surface area (Å²) in [4.78, 5) is 0. The lowest BCUT2D eigenvalue weighted by Gasteiger charge is -2.36. The molecule has 1 heterocycles. The van der Waals surface area contributed by atoms with Crippen LogP contribution in [0.2, 0.25) is 31.2 Å². The van der Waals surface area contributed by atoms with E-state index < -0.39 is 16.6 Å². The number of hydrogen-bond acceptors (Lipinski definition) is 4. The van der Waals surface area contributed by atoms with Crippen LogP contribution in [-0.4, -0.2) is 47.7 Å². The Morgan fingerprint density at radius 3 is 1.90 bits per heavy atom. The van der Waals surface area contributed by atoms with Gasteiger partial charge in [0, 0.05) is 12.7 Å². The topological polar surface area (TPSA) is 36.9 Å². The van der Waals surface area contributed by atoms with E-state index >= 15 is 0 Å². The van der Waals surface area contributed by atoms with Crippen molar-refractivity contribution in [3.8, 4) is 0 Å². The fraction of sp³-hybridized carbons (Fsp3) is 0.909. The summed E-state index contributed by atoms with van der Waals surface area (Å²) in [6.07, 6.45) is 2.17. The minimum absolute atomic E-state index is 0.210. The first-order chi connectivity index (χ1) is 12.8. The minimum atomic E-state index is -2.03. The average molecular weight is 443 g/mol. The molecule has 0 bridgehead atoms. The van der Waals surface area contributed by atoms with Gasteiger partial charge in [-0.15, -0.1) is 0 Å². The molecule has 0 amide bonds. The molecule has 7 heteroatoms. The van der Waals surface area contributed by atoms with Crippen molar-refractivity contribution in [2.75, 3.05) is 6.61 Å². The zero-order chi connectivity index (χ0) is 22.9. The Morgan fingerprint density at radius 2 is 1.48 bits per heavy atom. The molecule has 0 aliphatic carbocycles. The molecule has 0 atom stereocenters. The molecular formula is C22H47BO4Si2. The van der Waals surface area contributed by atoms with E-state index in [0.717, 1.165) is 19.4 Å². The van der Waals surface area contributed by atoms with E-state index in [1.54, 1.807) is 0 Å². The molecule has 1 saturated heterocycles. The second-order valence-corrected chi connectivity index (χ2v) is 20.4. The molecule has 0 aromatic carbocycles. The molecule has 0 unspecified atom stereocenters. The summed E-state index contributed by atoms with van der Waals surface area (Å²) in [5.74, 6) is 2.19. The van der Waals surface area contributed by atoms with Crippen LogP contribution >= 0.6 is 0 Å². The van der Waals surface area contributed by atoms with Gasteiger partial charge < -0.3 is 18.2 Å². The monoisotopic (exact) mass is 442 g/mol. The molecule has 0 aromatic heterocycles. The highest BCUT2D eigenvalue weighted by Gasteiger charge is 2.50. The summed E-state index contributed by atoms with van der Waals surface area (Å²) in [5.41, 5.74) is -0.648. The van der Waals surface area contributed by atoms with Gasteiger partial charge in [0.15, 0.2) is 8.32 Å². The van der Waals surface area contributed by atoms with Crippen molar-refractivity contribution in [3.63, 3.8) is 0 Å². The van der Waals surface area contributed by atoms with Crippen LogP contribution in [0.1, 0.15) is 75.2 Å². The second-order valence-electron chi connectivity index (χ2n) is 11.7. The average Bonchev–Trinajstić information content (AvgIpc) is 2.66. The maximum atomic E-state index is 6.40. The van der Waals surface area contributed by atoms with Crippen molar-refractivity contribution in [1.82, 2.24) is 0 Å². The minimum Gasteiger partial charge on any atom is -0.417 e. The highest BCUT2D eigenvalue weighted by molar-refractivity contribution is 6.79. The first-order valence-electron chi connectivity index (χ1n) is 11.2. The highest BCUT2D eigenvalue weighted by Crippen LogP contribution is 2.39. The Balaban J connectivity index is 2.91. The molecule has 0 spiro atoms. The lowest BCUT2D eigenvalue weighted by molar-refractivity contribution is 0.00578. The van der Waals surface area contributed by atoms with Crippen molar-refractivity contribution in [3.05, 3.63) is 11.2 Å². The Bertz CT molecular complexity index is 562. The van der Waals surface area contributed by atoms with Crippen molar-refractivity contribution >= 4 is 23.8 Å². The molecule has 1 aliphatic rings. The SMILES string of the molecule is CC(C)O[Si](C)(C)/C(=C/B1OC(C)(C)C(C)(C)O1)CCCO[Si](C)(C)C(C)(C)C. The van der Waals surface area contributed by atoms with Gasteiger partial charge in [0.05, 0.1) is 11.2 Å². The lowest BCUT2D eigenvalue weighted by Crippen LogP contribution is -2.41. The van der Waals surface area contributed by atoms with Gasteiger partial charge in [-0.05, 0) is 85.6 Å². The normalized spacial score (nSPS) is 20.6. The predicted octanol–water partition coefficient (Wildman–Crippen LogP) is 6.52. The second kappa shape index (κ2) is 9.29. The van der Waals surface area contributed by atoms with Crippen LogP contribution < -0.4 is 0 Å². The molecule has 29 heavy (non-hydrogen) atoms. The summed E-state index contributed by atoms with van der Waals surface area (Å²) in [5, 5.41) is 1.59. The Hall–Kier alpha value is 0.0787. The molecule has 0 N–H and O–H groups in total. The third kappa shape index (κ3) is 7.32. The van der Waals surface area contributed by atoms with Crippen LogP contribution in [0.4, 0.5) is 0 Å². The van der Waals surface area contributed by atoms with Crippen LogP contribution in [0.25, 0.3) is 0 Å². The van der Waals surface area contributed by atoms with Crippen molar-refractivity contribution in [2.24, 2.45) is 0 Å². The first kappa shape index (κ1) is 27.1. The fourth-order valence-electron chi connectivity index (χ4n) is 3.18. The van der Waals surface area contributed by atoms with Gasteiger partial charge in [-0.2, -0.15) is 0 Å². The molecule has 1 rings (SSSR count). The summed E-state index contributed by atoms with van der Waals surface area (Å²) >= 11 is 0. The third-order valence-corrected chi connectivity index (χ3v) is 14.3. The fourth-order valence-corrected chi connectivity index (χ4v) is 6.91. The zero-order valence-corrected chi connectivity index (χ0v) is 23.5. The Labute approximate surface area is 183 Å². The largest absolute Gasteiger partial charge is 0.486 e. The van der Waals surface area contributed by atoms with Crippen LogP contribution in [0, 0.1) is 0 Å². The molecule has 1 aliphatic heterocycles. The van der Waals surface area contributed by atoms with E-state index in [9.17, 15) is 0 Å². The molecule has 4 nitrogen and oxygen atoms in total. The van der Waals surface area contributed by atoms with E-state index in [1.165, 1.54) is 5.20 Å². The summed E-state index contributed by atoms with van der Waals surface area (Å²) < 4.78 is 25.3. The van der Waals surface area contributed by atoms with Gasteiger partial charge in [-0.1, -0.05) is 31.9 Å². The molecule has 0 radical (unpaired) electrons. The smallest absolute Gasteiger partial charge is 0.417 e. The Kier molecular flexibility index (Phi) is 8.68. The van der Waals surface area contributed by atoms with E-state index in [-0.39, 0.29) is 29.5 Å². The van der Waals surface area contributed by atoms with Crippen LogP contribution in [0.15, 0.2) is 11.2 Å². The molecule has 0 aromatic rings. The van der Waals surface area contributed by atoms with Gasteiger partial charge in [0.2, 0.25) is 8.32 Å². The third-order valence-electron chi connectivity index (χ3n) is 6.77. The van der Waals surface area contributed by atoms with Gasteiger partial charge in [-0.25, -0.2) is 0 Å². The van der Waals surface area contributed by atoms with E-state index in [0.29, 0.717) is 0 Å². The lowest BCUT2D eigenvalue weighted by atomic mass is 9.89. The zero-order valence-electron chi connectivity index (χ0n) is 21.5. The molecule has 0 saturated carbocycles. The molecular weight excluding hydrogens is 395 g/mol. The van der Waals surface area contributed by atoms with Gasteiger partial charge in [-0.3, -0.25) is 0 Å².